The summed E-state index contributed by atoms with van der Waals surface area (Å²) in [7, 11) is 2.82. The Kier molecular flexibility index (Phi) is 4.75. The number of benzene rings is 2. The summed E-state index contributed by atoms with van der Waals surface area (Å²) < 4.78 is 10.1. The fourth-order valence-corrected chi connectivity index (χ4v) is 2.00. The number of rotatable bonds is 5. The van der Waals surface area contributed by atoms with E-state index in [0.717, 1.165) is 0 Å². The monoisotopic (exact) mass is 316 g/mol. The van der Waals surface area contributed by atoms with Crippen molar-refractivity contribution in [3.63, 3.8) is 0 Å². The second-order valence-electron chi connectivity index (χ2n) is 4.67. The van der Waals surface area contributed by atoms with Crippen LogP contribution in [0.3, 0.4) is 0 Å². The van der Waals surface area contributed by atoms with Crippen LogP contribution in [0.1, 0.15) is 15.9 Å². The van der Waals surface area contributed by atoms with Gasteiger partial charge in [0.05, 0.1) is 14.2 Å². The van der Waals surface area contributed by atoms with Crippen LogP contribution in [0.25, 0.3) is 6.08 Å². The number of methoxy groups -OCH3 is 2. The van der Waals surface area contributed by atoms with Crippen molar-refractivity contribution < 1.29 is 29.6 Å². The van der Waals surface area contributed by atoms with Crippen LogP contribution in [0.4, 0.5) is 0 Å². The summed E-state index contributed by atoms with van der Waals surface area (Å²) in [4.78, 5) is 12.3. The Morgan fingerprint density at radius 3 is 2.30 bits per heavy atom. The van der Waals surface area contributed by atoms with Crippen LogP contribution in [-0.4, -0.2) is 35.3 Å². The third-order valence-electron chi connectivity index (χ3n) is 3.18. The molecule has 23 heavy (non-hydrogen) atoms. The van der Waals surface area contributed by atoms with Crippen LogP contribution in [0.15, 0.2) is 36.4 Å². The molecule has 2 aromatic rings. The molecule has 0 bridgehead atoms. The average Bonchev–Trinajstić information content (AvgIpc) is 2.54. The molecule has 0 aliphatic rings. The summed E-state index contributed by atoms with van der Waals surface area (Å²) in [6.45, 7) is 0. The van der Waals surface area contributed by atoms with Crippen molar-refractivity contribution >= 4 is 11.9 Å². The fourth-order valence-electron chi connectivity index (χ4n) is 2.00. The lowest BCUT2D eigenvalue weighted by Gasteiger charge is -2.10. The van der Waals surface area contributed by atoms with E-state index in [0.29, 0.717) is 11.3 Å². The van der Waals surface area contributed by atoms with Gasteiger partial charge < -0.3 is 24.8 Å². The van der Waals surface area contributed by atoms with Gasteiger partial charge >= 0.3 is 0 Å². The van der Waals surface area contributed by atoms with Crippen LogP contribution < -0.4 is 9.47 Å². The maximum Gasteiger partial charge on any atom is 0.193 e. The number of hydrogen-bond donors (Lipinski definition) is 3. The molecule has 0 aliphatic heterocycles. The van der Waals surface area contributed by atoms with Crippen LogP contribution >= 0.6 is 0 Å². The molecule has 0 amide bonds. The Labute approximate surface area is 132 Å². The lowest BCUT2D eigenvalue weighted by atomic mass is 10.1. The molecule has 0 atom stereocenters. The van der Waals surface area contributed by atoms with Crippen LogP contribution in [0.5, 0.6) is 28.7 Å². The molecule has 120 valence electrons. The first kappa shape index (κ1) is 16.2. The standard InChI is InChI=1S/C17H16O6/c1-22-11-8-15(21)17(16(9-11)23-2)13(19)6-4-10-3-5-12(18)14(20)7-10/h3-9,18,20-21H,1-2H3. The SMILES string of the molecule is COc1cc(O)c(C(=O)C=Cc2ccc(O)c(O)c2)c(OC)c1. The van der Waals surface area contributed by atoms with Gasteiger partial charge in [-0.1, -0.05) is 12.1 Å². The zero-order valence-corrected chi connectivity index (χ0v) is 12.6. The van der Waals surface area contributed by atoms with E-state index in [9.17, 15) is 20.1 Å². The summed E-state index contributed by atoms with van der Waals surface area (Å²) in [5.41, 5.74) is 0.521. The Bertz CT molecular complexity index is 764. The maximum absolute atomic E-state index is 12.3. The van der Waals surface area contributed by atoms with E-state index in [1.807, 2.05) is 0 Å². The lowest BCUT2D eigenvalue weighted by Crippen LogP contribution is -2.00. The second-order valence-corrected chi connectivity index (χ2v) is 4.67. The minimum absolute atomic E-state index is 0.00699. The predicted octanol–water partition coefficient (Wildman–Crippen LogP) is 2.72. The summed E-state index contributed by atoms with van der Waals surface area (Å²) >= 11 is 0. The van der Waals surface area contributed by atoms with Crippen molar-refractivity contribution in [2.24, 2.45) is 0 Å². The number of ether oxygens (including phenoxy) is 2. The number of hydrogen-bond acceptors (Lipinski definition) is 6. The van der Waals surface area contributed by atoms with Crippen LogP contribution in [0.2, 0.25) is 0 Å². The van der Waals surface area contributed by atoms with Crippen molar-refractivity contribution in [2.75, 3.05) is 14.2 Å². The quantitative estimate of drug-likeness (QED) is 0.446. The average molecular weight is 316 g/mol. The Hall–Kier alpha value is -3.15. The van der Waals surface area contributed by atoms with Crippen LogP contribution in [-0.2, 0) is 0 Å². The second kappa shape index (κ2) is 6.74. The summed E-state index contributed by atoms with van der Waals surface area (Å²) in [6, 6.07) is 6.96. The molecule has 6 heteroatoms. The zero-order chi connectivity index (χ0) is 17.0. The van der Waals surface area contributed by atoms with Gasteiger partial charge in [0.25, 0.3) is 0 Å². The first-order valence-electron chi connectivity index (χ1n) is 6.65. The minimum atomic E-state index is -0.477. The number of aromatic hydroxyl groups is 3. The molecule has 0 fully saturated rings. The molecule has 6 nitrogen and oxygen atoms in total. The molecular weight excluding hydrogens is 300 g/mol. The highest BCUT2D eigenvalue weighted by molar-refractivity contribution is 6.10. The normalized spacial score (nSPS) is 10.7. The minimum Gasteiger partial charge on any atom is -0.507 e. The van der Waals surface area contributed by atoms with E-state index in [1.165, 1.54) is 56.7 Å². The van der Waals surface area contributed by atoms with E-state index in [-0.39, 0.29) is 28.6 Å². The van der Waals surface area contributed by atoms with Gasteiger partial charge in [0.15, 0.2) is 17.3 Å². The molecule has 2 rings (SSSR count). The number of allylic oxidation sites excluding steroid dienone is 1. The van der Waals surface area contributed by atoms with E-state index >= 15 is 0 Å². The van der Waals surface area contributed by atoms with E-state index in [4.69, 9.17) is 9.47 Å². The van der Waals surface area contributed by atoms with Crippen molar-refractivity contribution in [2.45, 2.75) is 0 Å². The lowest BCUT2D eigenvalue weighted by molar-refractivity contribution is 0.104. The van der Waals surface area contributed by atoms with Gasteiger partial charge in [-0.05, 0) is 23.8 Å². The summed E-state index contributed by atoms with van der Waals surface area (Å²) in [6.07, 6.45) is 2.68. The van der Waals surface area contributed by atoms with E-state index < -0.39 is 5.78 Å². The molecule has 0 aromatic heterocycles. The van der Waals surface area contributed by atoms with Crippen molar-refractivity contribution in [1.82, 2.24) is 0 Å². The molecular formula is C17H16O6. The molecule has 2 aromatic carbocycles. The molecule has 0 saturated heterocycles. The Morgan fingerprint density at radius 2 is 1.70 bits per heavy atom. The largest absolute Gasteiger partial charge is 0.507 e. The summed E-state index contributed by atoms with van der Waals surface area (Å²) in [5.74, 6) is -0.722. The van der Waals surface area contributed by atoms with Gasteiger partial charge in [0, 0.05) is 12.1 Å². The molecule has 0 heterocycles. The van der Waals surface area contributed by atoms with E-state index in [2.05, 4.69) is 0 Å². The van der Waals surface area contributed by atoms with Gasteiger partial charge in [0.1, 0.15) is 22.8 Å². The van der Waals surface area contributed by atoms with Gasteiger partial charge in [-0.15, -0.1) is 0 Å². The molecule has 0 aliphatic carbocycles. The summed E-state index contributed by atoms with van der Waals surface area (Å²) in [5, 5.41) is 28.7. The van der Waals surface area contributed by atoms with Gasteiger partial charge in [0.2, 0.25) is 0 Å². The highest BCUT2D eigenvalue weighted by atomic mass is 16.5. The first-order chi connectivity index (χ1) is 11.0. The smallest absolute Gasteiger partial charge is 0.193 e. The fraction of sp³-hybridized carbons (Fsp3) is 0.118. The third-order valence-corrected chi connectivity index (χ3v) is 3.18. The molecule has 0 spiro atoms. The Balaban J connectivity index is 2.33. The number of carbonyl (C=O) groups is 1. The van der Waals surface area contributed by atoms with Gasteiger partial charge in [-0.25, -0.2) is 0 Å². The highest BCUT2D eigenvalue weighted by Gasteiger charge is 2.17. The molecule has 3 N–H and O–H groups in total. The first-order valence-corrected chi connectivity index (χ1v) is 6.65. The number of carbonyl (C=O) groups excluding carboxylic acids is 1. The van der Waals surface area contributed by atoms with Crippen molar-refractivity contribution in [1.29, 1.82) is 0 Å². The van der Waals surface area contributed by atoms with Crippen molar-refractivity contribution in [3.05, 3.63) is 47.5 Å². The number of phenols is 3. The number of ketones is 1. The van der Waals surface area contributed by atoms with Crippen molar-refractivity contribution in [3.8, 4) is 28.7 Å². The maximum atomic E-state index is 12.3. The highest BCUT2D eigenvalue weighted by Crippen LogP contribution is 2.34. The zero-order valence-electron chi connectivity index (χ0n) is 12.6. The molecule has 0 unspecified atom stereocenters. The van der Waals surface area contributed by atoms with Gasteiger partial charge in [-0.2, -0.15) is 0 Å². The third kappa shape index (κ3) is 3.55. The predicted molar refractivity (Wildman–Crippen MR) is 84.3 cm³/mol. The Morgan fingerprint density at radius 1 is 0.957 bits per heavy atom. The molecule has 0 saturated carbocycles. The van der Waals surface area contributed by atoms with Crippen LogP contribution in [0, 0.1) is 0 Å². The number of phenolic OH excluding ortho intramolecular Hbond substituents is 3. The topological polar surface area (TPSA) is 96.2 Å². The van der Waals surface area contributed by atoms with Gasteiger partial charge in [-0.3, -0.25) is 4.79 Å². The van der Waals surface area contributed by atoms with E-state index in [1.54, 1.807) is 0 Å². The molecule has 0 radical (unpaired) electrons.